The molecule has 0 aliphatic rings. The Balaban J connectivity index is 1.65. The van der Waals surface area contributed by atoms with Gasteiger partial charge in [-0.2, -0.15) is 0 Å². The second-order valence-electron chi connectivity index (χ2n) is 6.69. The maximum atomic E-state index is 4.66. The summed E-state index contributed by atoms with van der Waals surface area (Å²) in [7, 11) is 0. The first-order chi connectivity index (χ1) is 11.2. The number of hydrogen-bond donors (Lipinski definition) is 2. The SMILES string of the molecule is CCCCCCCCCCNCc1c(C)nc2[nH]ccc2c1C. The summed E-state index contributed by atoms with van der Waals surface area (Å²) in [6.45, 7) is 8.64. The van der Waals surface area contributed by atoms with E-state index < -0.39 is 0 Å². The molecule has 0 radical (unpaired) electrons. The van der Waals surface area contributed by atoms with Crippen LogP contribution in [0.1, 0.15) is 75.1 Å². The Morgan fingerprint density at radius 3 is 2.43 bits per heavy atom. The fourth-order valence-electron chi connectivity index (χ4n) is 3.28. The van der Waals surface area contributed by atoms with Crippen LogP contribution >= 0.6 is 0 Å². The van der Waals surface area contributed by atoms with E-state index >= 15 is 0 Å². The highest BCUT2D eigenvalue weighted by molar-refractivity contribution is 5.80. The summed E-state index contributed by atoms with van der Waals surface area (Å²) in [6.07, 6.45) is 13.0. The molecule has 0 amide bonds. The number of rotatable bonds is 11. The van der Waals surface area contributed by atoms with Gasteiger partial charge >= 0.3 is 0 Å². The first-order valence-corrected chi connectivity index (χ1v) is 9.38. The summed E-state index contributed by atoms with van der Waals surface area (Å²) < 4.78 is 0. The molecular formula is C20H33N3. The maximum Gasteiger partial charge on any atom is 0.137 e. The molecule has 0 aliphatic heterocycles. The molecule has 2 heterocycles. The summed E-state index contributed by atoms with van der Waals surface area (Å²) in [5.41, 5.74) is 4.86. The minimum absolute atomic E-state index is 0.933. The van der Waals surface area contributed by atoms with Crippen molar-refractivity contribution in [3.05, 3.63) is 29.1 Å². The molecule has 0 saturated carbocycles. The third-order valence-corrected chi connectivity index (χ3v) is 4.81. The van der Waals surface area contributed by atoms with Gasteiger partial charge in [-0.1, -0.05) is 51.9 Å². The molecule has 0 bridgehead atoms. The van der Waals surface area contributed by atoms with Crippen molar-refractivity contribution in [2.75, 3.05) is 6.54 Å². The molecule has 3 nitrogen and oxygen atoms in total. The van der Waals surface area contributed by atoms with Gasteiger partial charge in [-0.25, -0.2) is 4.98 Å². The Kier molecular flexibility index (Phi) is 7.60. The highest BCUT2D eigenvalue weighted by atomic mass is 14.9. The van der Waals surface area contributed by atoms with Crippen molar-refractivity contribution >= 4 is 11.0 Å². The lowest BCUT2D eigenvalue weighted by Crippen LogP contribution is -2.17. The number of aromatic amines is 1. The molecular weight excluding hydrogens is 282 g/mol. The second kappa shape index (κ2) is 9.71. The van der Waals surface area contributed by atoms with Gasteiger partial charge < -0.3 is 10.3 Å². The molecule has 0 unspecified atom stereocenters. The van der Waals surface area contributed by atoms with Crippen molar-refractivity contribution in [3.8, 4) is 0 Å². The van der Waals surface area contributed by atoms with Crippen molar-refractivity contribution in [3.63, 3.8) is 0 Å². The minimum atomic E-state index is 0.933. The number of pyridine rings is 1. The lowest BCUT2D eigenvalue weighted by atomic mass is 10.0. The van der Waals surface area contributed by atoms with Crippen LogP contribution in [0.2, 0.25) is 0 Å². The van der Waals surface area contributed by atoms with E-state index in [0.29, 0.717) is 0 Å². The summed E-state index contributed by atoms with van der Waals surface area (Å²) >= 11 is 0. The van der Waals surface area contributed by atoms with Crippen molar-refractivity contribution in [2.45, 2.75) is 78.7 Å². The summed E-state index contributed by atoms with van der Waals surface area (Å²) in [5.74, 6) is 0. The Bertz CT molecular complexity index is 586. The highest BCUT2D eigenvalue weighted by Crippen LogP contribution is 2.21. The highest BCUT2D eigenvalue weighted by Gasteiger charge is 2.09. The molecule has 0 spiro atoms. The van der Waals surface area contributed by atoms with Crippen LogP contribution in [-0.2, 0) is 6.54 Å². The first-order valence-electron chi connectivity index (χ1n) is 9.38. The molecule has 2 N–H and O–H groups in total. The molecule has 128 valence electrons. The zero-order chi connectivity index (χ0) is 16.5. The third-order valence-electron chi connectivity index (χ3n) is 4.81. The summed E-state index contributed by atoms with van der Waals surface area (Å²) in [5, 5.41) is 4.85. The molecule has 0 aliphatic carbocycles. The topological polar surface area (TPSA) is 40.7 Å². The predicted octanol–water partition coefficient (Wildman–Crippen LogP) is 5.41. The quantitative estimate of drug-likeness (QED) is 0.544. The molecule has 2 aromatic rings. The molecule has 0 aromatic carbocycles. The lowest BCUT2D eigenvalue weighted by Gasteiger charge is -2.11. The van der Waals surface area contributed by atoms with Crippen LogP contribution < -0.4 is 5.32 Å². The van der Waals surface area contributed by atoms with Crippen LogP contribution in [0, 0.1) is 13.8 Å². The number of nitrogens with one attached hydrogen (secondary N) is 2. The fraction of sp³-hybridized carbons (Fsp3) is 0.650. The molecule has 23 heavy (non-hydrogen) atoms. The zero-order valence-electron chi connectivity index (χ0n) is 15.2. The van der Waals surface area contributed by atoms with Gasteiger partial charge in [0.25, 0.3) is 0 Å². The van der Waals surface area contributed by atoms with E-state index in [1.54, 1.807) is 0 Å². The normalized spacial score (nSPS) is 11.4. The summed E-state index contributed by atoms with van der Waals surface area (Å²) in [4.78, 5) is 7.87. The smallest absolute Gasteiger partial charge is 0.137 e. The van der Waals surface area contributed by atoms with Gasteiger partial charge in [0.2, 0.25) is 0 Å². The van der Waals surface area contributed by atoms with Gasteiger partial charge in [-0.3, -0.25) is 0 Å². The standard InChI is InChI=1S/C20H33N3/c1-4-5-6-7-8-9-10-11-13-21-15-19-16(2)18-12-14-22-20(18)23-17(19)3/h12,14,21H,4-11,13,15H2,1-3H3,(H,22,23). The van der Waals surface area contributed by atoms with Crippen LogP contribution in [0.15, 0.2) is 12.3 Å². The van der Waals surface area contributed by atoms with Crippen LogP contribution in [0.25, 0.3) is 11.0 Å². The van der Waals surface area contributed by atoms with Gasteiger partial charge in [0, 0.05) is 23.8 Å². The third kappa shape index (κ3) is 5.35. The molecule has 3 heteroatoms. The van der Waals surface area contributed by atoms with E-state index in [0.717, 1.165) is 24.4 Å². The van der Waals surface area contributed by atoms with Crippen LogP contribution in [0.3, 0.4) is 0 Å². The Morgan fingerprint density at radius 2 is 1.70 bits per heavy atom. The van der Waals surface area contributed by atoms with Crippen LogP contribution in [-0.4, -0.2) is 16.5 Å². The van der Waals surface area contributed by atoms with E-state index in [1.807, 2.05) is 6.20 Å². The molecule has 2 aromatic heterocycles. The Morgan fingerprint density at radius 1 is 1.00 bits per heavy atom. The monoisotopic (exact) mass is 315 g/mol. The zero-order valence-corrected chi connectivity index (χ0v) is 15.2. The maximum absolute atomic E-state index is 4.66. The average Bonchev–Trinajstić information content (AvgIpc) is 3.00. The van der Waals surface area contributed by atoms with Crippen LogP contribution in [0.4, 0.5) is 0 Å². The number of nitrogens with zero attached hydrogens (tertiary/aromatic N) is 1. The molecule has 2 rings (SSSR count). The number of unbranched alkanes of at least 4 members (excludes halogenated alkanes) is 7. The van der Waals surface area contributed by atoms with Gasteiger partial charge in [-0.05, 0) is 44.0 Å². The largest absolute Gasteiger partial charge is 0.346 e. The van der Waals surface area contributed by atoms with Crippen molar-refractivity contribution in [2.24, 2.45) is 0 Å². The van der Waals surface area contributed by atoms with E-state index in [1.165, 1.54) is 67.9 Å². The Labute approximate surface area is 141 Å². The lowest BCUT2D eigenvalue weighted by molar-refractivity contribution is 0.554. The van der Waals surface area contributed by atoms with Crippen molar-refractivity contribution in [1.29, 1.82) is 0 Å². The molecule has 0 fully saturated rings. The average molecular weight is 316 g/mol. The van der Waals surface area contributed by atoms with E-state index in [9.17, 15) is 0 Å². The number of fused-ring (bicyclic) bond motifs is 1. The predicted molar refractivity (Wildman–Crippen MR) is 99.9 cm³/mol. The first kappa shape index (κ1) is 18.0. The van der Waals surface area contributed by atoms with E-state index in [2.05, 4.69) is 42.1 Å². The van der Waals surface area contributed by atoms with Crippen molar-refractivity contribution in [1.82, 2.24) is 15.3 Å². The number of hydrogen-bond acceptors (Lipinski definition) is 2. The van der Waals surface area contributed by atoms with Gasteiger partial charge in [0.1, 0.15) is 5.65 Å². The number of H-pyrrole nitrogens is 1. The summed E-state index contributed by atoms with van der Waals surface area (Å²) in [6, 6.07) is 2.12. The van der Waals surface area contributed by atoms with Gasteiger partial charge in [-0.15, -0.1) is 0 Å². The Hall–Kier alpha value is -1.35. The van der Waals surface area contributed by atoms with Crippen molar-refractivity contribution < 1.29 is 0 Å². The molecule has 0 saturated heterocycles. The van der Waals surface area contributed by atoms with E-state index in [4.69, 9.17) is 0 Å². The van der Waals surface area contributed by atoms with E-state index in [-0.39, 0.29) is 0 Å². The molecule has 0 atom stereocenters. The number of aromatic nitrogens is 2. The van der Waals surface area contributed by atoms with Crippen LogP contribution in [0.5, 0.6) is 0 Å². The number of aryl methyl sites for hydroxylation is 2. The second-order valence-corrected chi connectivity index (χ2v) is 6.69. The fourth-order valence-corrected chi connectivity index (χ4v) is 3.28. The minimum Gasteiger partial charge on any atom is -0.346 e. The van der Waals surface area contributed by atoms with Gasteiger partial charge in [0.15, 0.2) is 0 Å². The van der Waals surface area contributed by atoms with Gasteiger partial charge in [0.05, 0.1) is 0 Å².